The van der Waals surface area contributed by atoms with Crippen LogP contribution in [0.3, 0.4) is 0 Å². The highest BCUT2D eigenvalue weighted by Gasteiger charge is 2.28. The Kier molecular flexibility index (Phi) is 7.17. The molecule has 1 aliphatic rings. The number of nitrogens with two attached hydrogens (primary N) is 1. The van der Waals surface area contributed by atoms with E-state index in [1.807, 2.05) is 0 Å². The number of carbonyl (C=O) groups excluding carboxylic acids is 1. The SMILES string of the molecule is CN(CCN)CC(=O)Nc1ccc(Cl)c(S(=O)(=O)N2CCOCC2)c1. The third-order valence-electron chi connectivity index (χ3n) is 3.73. The lowest BCUT2D eigenvalue weighted by molar-refractivity contribution is -0.117. The largest absolute Gasteiger partial charge is 0.379 e. The number of morpholine rings is 1. The predicted octanol–water partition coefficient (Wildman–Crippen LogP) is 0.190. The van der Waals surface area contributed by atoms with E-state index in [0.29, 0.717) is 32.0 Å². The second-order valence-corrected chi connectivity index (χ2v) is 8.05. The van der Waals surface area contributed by atoms with E-state index in [1.54, 1.807) is 18.0 Å². The fourth-order valence-electron chi connectivity index (χ4n) is 2.45. The second-order valence-electron chi connectivity index (χ2n) is 5.74. The maximum atomic E-state index is 12.8. The Morgan fingerprint density at radius 1 is 1.40 bits per heavy atom. The van der Waals surface area contributed by atoms with Gasteiger partial charge in [-0.1, -0.05) is 11.6 Å². The molecule has 1 amide bonds. The molecule has 1 aromatic carbocycles. The summed E-state index contributed by atoms with van der Waals surface area (Å²) in [4.78, 5) is 13.8. The van der Waals surface area contributed by atoms with Crippen LogP contribution in [-0.4, -0.2) is 76.5 Å². The van der Waals surface area contributed by atoms with E-state index in [4.69, 9.17) is 22.1 Å². The van der Waals surface area contributed by atoms with Crippen molar-refractivity contribution in [1.82, 2.24) is 9.21 Å². The van der Waals surface area contributed by atoms with Gasteiger partial charge in [0.1, 0.15) is 4.90 Å². The number of anilines is 1. The lowest BCUT2D eigenvalue weighted by Crippen LogP contribution is -2.40. The highest BCUT2D eigenvalue weighted by molar-refractivity contribution is 7.89. The Morgan fingerprint density at radius 3 is 2.72 bits per heavy atom. The standard InChI is InChI=1S/C15H23ClN4O4S/c1-19(5-4-17)11-15(21)18-12-2-3-13(16)14(10-12)25(22,23)20-6-8-24-9-7-20/h2-3,10H,4-9,11,17H2,1H3,(H,18,21). The Hall–Kier alpha value is -1.23. The average Bonchev–Trinajstić information content (AvgIpc) is 2.57. The number of amides is 1. The number of nitrogens with zero attached hydrogens (tertiary/aromatic N) is 2. The second kappa shape index (κ2) is 8.93. The molecule has 25 heavy (non-hydrogen) atoms. The molecule has 0 atom stereocenters. The molecule has 0 saturated carbocycles. The van der Waals surface area contributed by atoms with Crippen molar-refractivity contribution in [2.45, 2.75) is 4.90 Å². The van der Waals surface area contributed by atoms with Gasteiger partial charge in [0.05, 0.1) is 24.8 Å². The van der Waals surface area contributed by atoms with Gasteiger partial charge in [-0.15, -0.1) is 0 Å². The van der Waals surface area contributed by atoms with Crippen LogP contribution in [0.2, 0.25) is 5.02 Å². The average molecular weight is 391 g/mol. The molecule has 1 heterocycles. The van der Waals surface area contributed by atoms with E-state index in [9.17, 15) is 13.2 Å². The molecule has 1 fully saturated rings. The molecular formula is C15H23ClN4O4S. The first-order chi connectivity index (χ1) is 11.8. The zero-order valence-electron chi connectivity index (χ0n) is 14.1. The minimum absolute atomic E-state index is 0.0239. The molecule has 0 radical (unpaired) electrons. The summed E-state index contributed by atoms with van der Waals surface area (Å²) in [5.41, 5.74) is 5.82. The number of hydrogen-bond acceptors (Lipinski definition) is 6. The molecule has 0 spiro atoms. The third-order valence-corrected chi connectivity index (χ3v) is 6.11. The molecule has 10 heteroatoms. The summed E-state index contributed by atoms with van der Waals surface area (Å²) in [6, 6.07) is 4.42. The molecule has 140 valence electrons. The van der Waals surface area contributed by atoms with E-state index in [2.05, 4.69) is 5.32 Å². The maximum Gasteiger partial charge on any atom is 0.244 e. The highest BCUT2D eigenvalue weighted by atomic mass is 35.5. The van der Waals surface area contributed by atoms with Gasteiger partial charge in [0.2, 0.25) is 15.9 Å². The lowest BCUT2D eigenvalue weighted by Gasteiger charge is -2.26. The van der Waals surface area contributed by atoms with Crippen LogP contribution in [0.5, 0.6) is 0 Å². The lowest BCUT2D eigenvalue weighted by atomic mass is 10.3. The van der Waals surface area contributed by atoms with Crippen molar-refractivity contribution in [2.24, 2.45) is 5.73 Å². The maximum absolute atomic E-state index is 12.8. The number of ether oxygens (including phenoxy) is 1. The number of carbonyl (C=O) groups is 1. The van der Waals surface area contributed by atoms with E-state index in [0.717, 1.165) is 0 Å². The van der Waals surface area contributed by atoms with Crippen LogP contribution in [0.1, 0.15) is 0 Å². The van der Waals surface area contributed by atoms with E-state index in [-0.39, 0.29) is 35.5 Å². The Bertz CT molecular complexity index is 707. The molecule has 2 rings (SSSR count). The monoisotopic (exact) mass is 390 g/mol. The number of sulfonamides is 1. The van der Waals surface area contributed by atoms with Crippen molar-refractivity contribution in [3.8, 4) is 0 Å². The molecule has 0 bridgehead atoms. The van der Waals surface area contributed by atoms with E-state index >= 15 is 0 Å². The first-order valence-electron chi connectivity index (χ1n) is 7.90. The van der Waals surface area contributed by atoms with Crippen LogP contribution in [-0.2, 0) is 19.6 Å². The molecule has 0 aliphatic carbocycles. The summed E-state index contributed by atoms with van der Waals surface area (Å²) in [6.45, 7) is 2.45. The van der Waals surface area contributed by atoms with Crippen LogP contribution >= 0.6 is 11.6 Å². The zero-order valence-corrected chi connectivity index (χ0v) is 15.6. The molecule has 8 nitrogen and oxygen atoms in total. The van der Waals surface area contributed by atoms with Crippen LogP contribution in [0.4, 0.5) is 5.69 Å². The third kappa shape index (κ3) is 5.37. The minimum Gasteiger partial charge on any atom is -0.379 e. The van der Waals surface area contributed by atoms with Crippen molar-refractivity contribution in [1.29, 1.82) is 0 Å². The summed E-state index contributed by atoms with van der Waals surface area (Å²) >= 11 is 6.09. The van der Waals surface area contributed by atoms with Crippen LogP contribution in [0, 0.1) is 0 Å². The summed E-state index contributed by atoms with van der Waals surface area (Å²) in [7, 11) is -1.96. The number of nitrogens with one attached hydrogen (secondary N) is 1. The van der Waals surface area contributed by atoms with Gasteiger partial charge in [0.15, 0.2) is 0 Å². The molecule has 0 unspecified atom stereocenters. The summed E-state index contributed by atoms with van der Waals surface area (Å²) in [5, 5.41) is 2.80. The number of likely N-dealkylation sites (N-methyl/N-ethyl adjacent to an activating group) is 1. The fraction of sp³-hybridized carbons (Fsp3) is 0.533. The van der Waals surface area contributed by atoms with Gasteiger partial charge >= 0.3 is 0 Å². The Labute approximate surface area is 152 Å². The number of halogens is 1. The zero-order chi connectivity index (χ0) is 18.4. The van der Waals surface area contributed by atoms with Crippen LogP contribution in [0.15, 0.2) is 23.1 Å². The van der Waals surface area contributed by atoms with E-state index < -0.39 is 10.0 Å². The summed E-state index contributed by atoms with van der Waals surface area (Å²) in [6.07, 6.45) is 0. The molecular weight excluding hydrogens is 368 g/mol. The normalized spacial score (nSPS) is 16.2. The Balaban J connectivity index is 2.15. The Morgan fingerprint density at radius 2 is 2.08 bits per heavy atom. The van der Waals surface area contributed by atoms with Crippen LogP contribution < -0.4 is 11.1 Å². The summed E-state index contributed by atoms with van der Waals surface area (Å²) < 4.78 is 32.0. The number of benzene rings is 1. The minimum atomic E-state index is -3.74. The van der Waals surface area contributed by atoms with Gasteiger partial charge in [-0.3, -0.25) is 9.69 Å². The van der Waals surface area contributed by atoms with Gasteiger partial charge in [-0.2, -0.15) is 4.31 Å². The summed E-state index contributed by atoms with van der Waals surface area (Å²) in [5.74, 6) is -0.256. The molecule has 1 aromatic rings. The van der Waals surface area contributed by atoms with Crippen molar-refractivity contribution in [2.75, 3.05) is 58.3 Å². The van der Waals surface area contributed by atoms with Crippen molar-refractivity contribution in [3.05, 3.63) is 23.2 Å². The number of rotatable bonds is 7. The van der Waals surface area contributed by atoms with Gasteiger partial charge in [-0.05, 0) is 25.2 Å². The predicted molar refractivity (Wildman–Crippen MR) is 96.2 cm³/mol. The van der Waals surface area contributed by atoms with Gasteiger partial charge in [0.25, 0.3) is 0 Å². The number of hydrogen-bond donors (Lipinski definition) is 2. The van der Waals surface area contributed by atoms with Gasteiger partial charge < -0.3 is 15.8 Å². The first kappa shape index (κ1) is 20.1. The van der Waals surface area contributed by atoms with Crippen molar-refractivity contribution in [3.63, 3.8) is 0 Å². The smallest absolute Gasteiger partial charge is 0.244 e. The molecule has 0 aromatic heterocycles. The quantitative estimate of drug-likeness (QED) is 0.688. The molecule has 3 N–H and O–H groups in total. The topological polar surface area (TPSA) is 105 Å². The fourth-order valence-corrected chi connectivity index (χ4v) is 4.36. The molecule has 1 aliphatic heterocycles. The van der Waals surface area contributed by atoms with Gasteiger partial charge in [-0.25, -0.2) is 8.42 Å². The van der Waals surface area contributed by atoms with Crippen molar-refractivity contribution < 1.29 is 17.9 Å². The van der Waals surface area contributed by atoms with Crippen molar-refractivity contribution >= 4 is 33.2 Å². The first-order valence-corrected chi connectivity index (χ1v) is 9.72. The van der Waals surface area contributed by atoms with E-state index in [1.165, 1.54) is 16.4 Å². The van der Waals surface area contributed by atoms with Gasteiger partial charge in [0, 0.05) is 31.9 Å². The highest BCUT2D eigenvalue weighted by Crippen LogP contribution is 2.28. The molecule has 1 saturated heterocycles. The van der Waals surface area contributed by atoms with Crippen LogP contribution in [0.25, 0.3) is 0 Å².